The third kappa shape index (κ3) is 3.56. The number of benzene rings is 1. The minimum absolute atomic E-state index is 0.0504. The van der Waals surface area contributed by atoms with E-state index in [-0.39, 0.29) is 11.9 Å². The molecule has 0 bridgehead atoms. The second-order valence-electron chi connectivity index (χ2n) is 4.11. The second-order valence-corrected chi connectivity index (χ2v) is 5.02. The molecule has 0 spiro atoms. The van der Waals surface area contributed by atoms with Crippen LogP contribution in [0.25, 0.3) is 0 Å². The summed E-state index contributed by atoms with van der Waals surface area (Å²) in [5.41, 5.74) is 12.9. The zero-order valence-corrected chi connectivity index (χ0v) is 11.3. The van der Waals surface area contributed by atoms with Crippen molar-refractivity contribution in [2.75, 3.05) is 30.5 Å². The highest BCUT2D eigenvalue weighted by atomic mass is 32.2. The number of nitrogen functional groups attached to an aromatic ring is 2. The fourth-order valence-corrected chi connectivity index (χ4v) is 2.26. The Hall–Kier alpha value is -1.36. The Morgan fingerprint density at radius 1 is 1.35 bits per heavy atom. The van der Waals surface area contributed by atoms with Crippen LogP contribution >= 0.6 is 11.8 Å². The molecule has 0 radical (unpaired) electrons. The Morgan fingerprint density at radius 2 is 1.88 bits per heavy atom. The van der Waals surface area contributed by atoms with Crippen molar-refractivity contribution in [3.05, 3.63) is 23.8 Å². The van der Waals surface area contributed by atoms with Gasteiger partial charge < -0.3 is 16.4 Å². The van der Waals surface area contributed by atoms with Crippen molar-refractivity contribution >= 4 is 29.0 Å². The summed E-state index contributed by atoms with van der Waals surface area (Å²) < 4.78 is 0. The zero-order valence-electron chi connectivity index (χ0n) is 10.4. The van der Waals surface area contributed by atoms with Gasteiger partial charge in [-0.15, -0.1) is 0 Å². The lowest BCUT2D eigenvalue weighted by molar-refractivity contribution is 0.0757. The van der Waals surface area contributed by atoms with Crippen LogP contribution < -0.4 is 11.5 Å². The van der Waals surface area contributed by atoms with E-state index >= 15 is 0 Å². The Bertz CT molecular complexity index is 388. The molecular formula is C12H19N3OS. The van der Waals surface area contributed by atoms with Crippen molar-refractivity contribution < 1.29 is 4.79 Å². The van der Waals surface area contributed by atoms with E-state index in [4.69, 9.17) is 11.5 Å². The molecule has 0 aromatic heterocycles. The molecule has 0 aliphatic heterocycles. The smallest absolute Gasteiger partial charge is 0.254 e. The maximum Gasteiger partial charge on any atom is 0.254 e. The van der Waals surface area contributed by atoms with Crippen LogP contribution in [0.5, 0.6) is 0 Å². The van der Waals surface area contributed by atoms with Gasteiger partial charge in [-0.1, -0.05) is 0 Å². The van der Waals surface area contributed by atoms with E-state index < -0.39 is 0 Å². The molecule has 1 amide bonds. The fourth-order valence-electron chi connectivity index (χ4n) is 1.56. The Morgan fingerprint density at radius 3 is 2.35 bits per heavy atom. The third-order valence-electron chi connectivity index (χ3n) is 2.61. The predicted molar refractivity (Wildman–Crippen MR) is 75.2 cm³/mol. The van der Waals surface area contributed by atoms with E-state index in [2.05, 4.69) is 0 Å². The topological polar surface area (TPSA) is 72.3 Å². The number of nitrogens with two attached hydrogens (primary N) is 2. The van der Waals surface area contributed by atoms with Gasteiger partial charge in [0.2, 0.25) is 0 Å². The molecule has 0 saturated heterocycles. The molecule has 0 aliphatic carbocycles. The summed E-state index contributed by atoms with van der Waals surface area (Å²) in [5, 5.41) is 0. The first-order chi connectivity index (χ1) is 7.95. The maximum atomic E-state index is 12.2. The molecule has 0 heterocycles. The van der Waals surface area contributed by atoms with Crippen LogP contribution in [0.1, 0.15) is 17.3 Å². The molecule has 4 nitrogen and oxygen atoms in total. The quantitative estimate of drug-likeness (QED) is 0.801. The normalized spacial score (nSPS) is 12.2. The molecule has 1 rings (SSSR count). The predicted octanol–water partition coefficient (Wildman–Crippen LogP) is 1.67. The largest absolute Gasteiger partial charge is 0.399 e. The summed E-state index contributed by atoms with van der Waals surface area (Å²) in [6.07, 6.45) is 2.02. The molecule has 0 fully saturated rings. The van der Waals surface area contributed by atoms with Crippen LogP contribution in [0.2, 0.25) is 0 Å². The van der Waals surface area contributed by atoms with Crippen LogP contribution in [0.3, 0.4) is 0 Å². The minimum atomic E-state index is -0.0504. The first-order valence-corrected chi connectivity index (χ1v) is 6.77. The van der Waals surface area contributed by atoms with Gasteiger partial charge in [-0.2, -0.15) is 11.8 Å². The number of anilines is 2. The lowest BCUT2D eigenvalue weighted by Gasteiger charge is -2.24. The van der Waals surface area contributed by atoms with Crippen molar-refractivity contribution in [3.8, 4) is 0 Å². The average molecular weight is 253 g/mol. The molecule has 1 unspecified atom stereocenters. The first-order valence-electron chi connectivity index (χ1n) is 5.38. The SMILES string of the molecule is CSCC(C)N(C)C(=O)c1cc(N)cc(N)c1. The van der Waals surface area contributed by atoms with Crippen LogP contribution in [0.4, 0.5) is 11.4 Å². The molecule has 17 heavy (non-hydrogen) atoms. The van der Waals surface area contributed by atoms with Crippen molar-refractivity contribution in [2.45, 2.75) is 13.0 Å². The van der Waals surface area contributed by atoms with Crippen LogP contribution in [0.15, 0.2) is 18.2 Å². The van der Waals surface area contributed by atoms with Crippen LogP contribution in [-0.4, -0.2) is 35.9 Å². The van der Waals surface area contributed by atoms with Gasteiger partial charge in [0.05, 0.1) is 0 Å². The summed E-state index contributed by atoms with van der Waals surface area (Å²) >= 11 is 1.71. The molecule has 4 N–H and O–H groups in total. The molecule has 94 valence electrons. The number of amides is 1. The van der Waals surface area contributed by atoms with E-state index in [9.17, 15) is 4.79 Å². The van der Waals surface area contributed by atoms with E-state index in [0.717, 1.165) is 5.75 Å². The van der Waals surface area contributed by atoms with Gasteiger partial charge >= 0.3 is 0 Å². The maximum absolute atomic E-state index is 12.2. The molecule has 5 heteroatoms. The third-order valence-corrected chi connectivity index (χ3v) is 3.43. The number of hydrogen-bond donors (Lipinski definition) is 2. The summed E-state index contributed by atoms with van der Waals surface area (Å²) in [6.45, 7) is 2.02. The number of thioether (sulfide) groups is 1. The van der Waals surface area contributed by atoms with Gasteiger partial charge in [0.15, 0.2) is 0 Å². The minimum Gasteiger partial charge on any atom is -0.399 e. The fraction of sp³-hybridized carbons (Fsp3) is 0.417. The number of carbonyl (C=O) groups is 1. The van der Waals surface area contributed by atoms with E-state index in [1.54, 1.807) is 41.9 Å². The average Bonchev–Trinajstić information content (AvgIpc) is 2.26. The lowest BCUT2D eigenvalue weighted by Crippen LogP contribution is -2.36. The highest BCUT2D eigenvalue weighted by Crippen LogP contribution is 2.16. The highest BCUT2D eigenvalue weighted by molar-refractivity contribution is 7.98. The van der Waals surface area contributed by atoms with Crippen LogP contribution in [-0.2, 0) is 0 Å². The Kier molecular flexibility index (Phi) is 4.69. The standard InChI is InChI=1S/C12H19N3OS/c1-8(7-17-3)15(2)12(16)9-4-10(13)6-11(14)5-9/h4-6,8H,7,13-14H2,1-3H3. The number of hydrogen-bond acceptors (Lipinski definition) is 4. The first kappa shape index (κ1) is 13.7. The van der Waals surface area contributed by atoms with Crippen molar-refractivity contribution in [2.24, 2.45) is 0 Å². The molecule has 0 saturated carbocycles. The lowest BCUT2D eigenvalue weighted by atomic mass is 10.1. The number of nitrogens with zero attached hydrogens (tertiary/aromatic N) is 1. The summed E-state index contributed by atoms with van der Waals surface area (Å²) in [7, 11) is 1.79. The van der Waals surface area contributed by atoms with Gasteiger partial charge in [-0.05, 0) is 31.4 Å². The number of carbonyl (C=O) groups excluding carboxylic acids is 1. The van der Waals surface area contributed by atoms with Gasteiger partial charge in [0, 0.05) is 35.8 Å². The van der Waals surface area contributed by atoms with E-state index in [1.807, 2.05) is 13.2 Å². The summed E-state index contributed by atoms with van der Waals surface area (Å²) in [6, 6.07) is 5.13. The molecular weight excluding hydrogens is 234 g/mol. The van der Waals surface area contributed by atoms with Crippen molar-refractivity contribution in [1.82, 2.24) is 4.90 Å². The van der Waals surface area contributed by atoms with Crippen molar-refractivity contribution in [1.29, 1.82) is 0 Å². The monoisotopic (exact) mass is 253 g/mol. The Labute approximate surface area is 106 Å². The summed E-state index contributed by atoms with van der Waals surface area (Å²) in [4.78, 5) is 13.9. The van der Waals surface area contributed by atoms with Crippen molar-refractivity contribution in [3.63, 3.8) is 0 Å². The molecule has 1 atom stereocenters. The van der Waals surface area contributed by atoms with Gasteiger partial charge in [0.1, 0.15) is 0 Å². The highest BCUT2D eigenvalue weighted by Gasteiger charge is 2.17. The zero-order chi connectivity index (χ0) is 13.0. The molecule has 1 aromatic rings. The van der Waals surface area contributed by atoms with Gasteiger partial charge in [0.25, 0.3) is 5.91 Å². The van der Waals surface area contributed by atoms with Gasteiger partial charge in [-0.3, -0.25) is 4.79 Å². The second kappa shape index (κ2) is 5.82. The summed E-state index contributed by atoms with van der Waals surface area (Å²) in [5.74, 6) is 0.852. The van der Waals surface area contributed by atoms with Crippen LogP contribution in [0, 0.1) is 0 Å². The molecule has 0 aliphatic rings. The Balaban J connectivity index is 2.88. The van der Waals surface area contributed by atoms with E-state index in [0.29, 0.717) is 16.9 Å². The molecule has 1 aromatic carbocycles. The van der Waals surface area contributed by atoms with Gasteiger partial charge in [-0.25, -0.2) is 0 Å². The van der Waals surface area contributed by atoms with E-state index in [1.165, 1.54) is 0 Å². The number of rotatable bonds is 4.